The van der Waals surface area contributed by atoms with Crippen molar-refractivity contribution in [3.8, 4) is 5.75 Å². The van der Waals surface area contributed by atoms with E-state index in [1.807, 2.05) is 24.3 Å². The molecule has 0 aliphatic rings. The van der Waals surface area contributed by atoms with Crippen LogP contribution in [0.15, 0.2) is 40.2 Å². The first-order valence-electron chi connectivity index (χ1n) is 6.52. The average molecular weight is 375 g/mol. The first kappa shape index (κ1) is 15.8. The van der Waals surface area contributed by atoms with Gasteiger partial charge in [0.15, 0.2) is 0 Å². The van der Waals surface area contributed by atoms with Gasteiger partial charge in [0, 0.05) is 32.2 Å². The van der Waals surface area contributed by atoms with Gasteiger partial charge in [-0.2, -0.15) is 0 Å². The van der Waals surface area contributed by atoms with E-state index in [-0.39, 0.29) is 0 Å². The second-order valence-corrected chi connectivity index (χ2v) is 6.80. The van der Waals surface area contributed by atoms with Crippen LogP contribution in [0.5, 0.6) is 5.75 Å². The van der Waals surface area contributed by atoms with Crippen LogP contribution in [0.3, 0.4) is 0 Å². The van der Waals surface area contributed by atoms with Gasteiger partial charge in [-0.25, -0.2) is 0 Å². The molecule has 0 amide bonds. The zero-order valence-corrected chi connectivity index (χ0v) is 14.4. The molecule has 0 fully saturated rings. The largest absolute Gasteiger partial charge is 0.492 e. The molecule has 0 spiro atoms. The Labute approximate surface area is 137 Å². The maximum Gasteiger partial charge on any atom is 0.119 e. The first-order valence-corrected chi connectivity index (χ1v) is 8.57. The van der Waals surface area contributed by atoms with Gasteiger partial charge in [0.1, 0.15) is 12.4 Å². The molecule has 1 aromatic heterocycles. The molecule has 1 N–H and O–H groups in total. The summed E-state index contributed by atoms with van der Waals surface area (Å²) < 4.78 is 6.97. The van der Waals surface area contributed by atoms with E-state index in [1.54, 1.807) is 11.3 Å². The van der Waals surface area contributed by atoms with Crippen molar-refractivity contribution in [2.24, 2.45) is 0 Å². The summed E-state index contributed by atoms with van der Waals surface area (Å²) in [6, 6.07) is 9.95. The molecule has 5 heteroatoms. The molecule has 0 bridgehead atoms. The van der Waals surface area contributed by atoms with Crippen molar-refractivity contribution in [1.82, 2.24) is 5.32 Å². The van der Waals surface area contributed by atoms with E-state index < -0.39 is 0 Å². The Morgan fingerprint density at radius 2 is 2.10 bits per heavy atom. The Bertz CT molecular complexity index is 529. The van der Waals surface area contributed by atoms with Crippen LogP contribution in [-0.2, 0) is 6.42 Å². The molecule has 1 heterocycles. The molecular formula is C15H17BrClNOS. The predicted molar refractivity (Wildman–Crippen MR) is 90.1 cm³/mol. The number of hydrogen-bond donors (Lipinski definition) is 1. The summed E-state index contributed by atoms with van der Waals surface area (Å²) in [5.41, 5.74) is 0. The highest BCUT2D eigenvalue weighted by Crippen LogP contribution is 2.21. The van der Waals surface area contributed by atoms with E-state index in [2.05, 4.69) is 39.6 Å². The fraction of sp³-hybridized carbons (Fsp3) is 0.333. The third kappa shape index (κ3) is 5.09. The minimum atomic E-state index is 0.307. The van der Waals surface area contributed by atoms with Crippen LogP contribution in [0.4, 0.5) is 0 Å². The molecule has 0 aliphatic heterocycles. The summed E-state index contributed by atoms with van der Waals surface area (Å²) in [5, 5.41) is 6.30. The van der Waals surface area contributed by atoms with Gasteiger partial charge in [-0.1, -0.05) is 18.5 Å². The lowest BCUT2D eigenvalue weighted by molar-refractivity contribution is 0.265. The van der Waals surface area contributed by atoms with Gasteiger partial charge in [0.05, 0.1) is 0 Å². The van der Waals surface area contributed by atoms with Crippen molar-refractivity contribution in [1.29, 1.82) is 0 Å². The van der Waals surface area contributed by atoms with Gasteiger partial charge in [-0.05, 0) is 52.8 Å². The standard InChI is InChI=1S/C15H17BrClNOS/c1-2-18-13(8-15-7-11(16)10-20-15)9-19-14-5-3-12(17)4-6-14/h3-7,10,13,18H,2,8-9H2,1H3. The number of benzene rings is 1. The number of nitrogens with one attached hydrogen (secondary N) is 1. The lowest BCUT2D eigenvalue weighted by atomic mass is 10.2. The maximum absolute atomic E-state index is 5.86. The Kier molecular flexibility index (Phi) is 6.36. The van der Waals surface area contributed by atoms with E-state index in [0.717, 1.165) is 28.2 Å². The third-order valence-electron chi connectivity index (χ3n) is 2.83. The molecule has 0 saturated heterocycles. The van der Waals surface area contributed by atoms with Crippen molar-refractivity contribution < 1.29 is 4.74 Å². The molecular weight excluding hydrogens is 358 g/mol. The lowest BCUT2D eigenvalue weighted by Gasteiger charge is -2.18. The molecule has 2 rings (SSSR count). The monoisotopic (exact) mass is 373 g/mol. The molecule has 1 unspecified atom stereocenters. The molecule has 2 nitrogen and oxygen atoms in total. The zero-order chi connectivity index (χ0) is 14.4. The van der Waals surface area contributed by atoms with E-state index in [4.69, 9.17) is 16.3 Å². The normalized spacial score (nSPS) is 12.3. The van der Waals surface area contributed by atoms with Crippen molar-refractivity contribution in [2.75, 3.05) is 13.2 Å². The Hall–Kier alpha value is -0.550. The summed E-state index contributed by atoms with van der Waals surface area (Å²) in [7, 11) is 0. The smallest absolute Gasteiger partial charge is 0.119 e. The molecule has 1 aromatic carbocycles. The fourth-order valence-electron chi connectivity index (χ4n) is 1.91. The summed E-state index contributed by atoms with van der Waals surface area (Å²) in [6.45, 7) is 3.69. The van der Waals surface area contributed by atoms with Crippen LogP contribution < -0.4 is 10.1 Å². The minimum Gasteiger partial charge on any atom is -0.492 e. The fourth-order valence-corrected chi connectivity index (χ4v) is 3.57. The third-order valence-corrected chi connectivity index (χ3v) is 4.80. The predicted octanol–water partition coefficient (Wildman–Crippen LogP) is 4.76. The van der Waals surface area contributed by atoms with Gasteiger partial charge in [0.2, 0.25) is 0 Å². The molecule has 108 valence electrons. The highest BCUT2D eigenvalue weighted by atomic mass is 79.9. The zero-order valence-electron chi connectivity index (χ0n) is 11.2. The highest BCUT2D eigenvalue weighted by molar-refractivity contribution is 9.10. The maximum atomic E-state index is 5.86. The molecule has 1 atom stereocenters. The van der Waals surface area contributed by atoms with Crippen molar-refractivity contribution in [2.45, 2.75) is 19.4 Å². The summed E-state index contributed by atoms with van der Waals surface area (Å²) in [5.74, 6) is 0.852. The van der Waals surface area contributed by atoms with Crippen LogP contribution in [0.1, 0.15) is 11.8 Å². The van der Waals surface area contributed by atoms with Gasteiger partial charge in [-0.3, -0.25) is 0 Å². The van der Waals surface area contributed by atoms with Crippen LogP contribution in [-0.4, -0.2) is 19.2 Å². The average Bonchev–Trinajstić information content (AvgIpc) is 2.83. The van der Waals surface area contributed by atoms with Crippen molar-refractivity contribution in [3.05, 3.63) is 50.1 Å². The van der Waals surface area contributed by atoms with Crippen LogP contribution >= 0.6 is 38.9 Å². The molecule has 2 aromatic rings. The highest BCUT2D eigenvalue weighted by Gasteiger charge is 2.11. The first-order chi connectivity index (χ1) is 9.67. The number of rotatable bonds is 7. The number of thiophene rings is 1. The quantitative estimate of drug-likeness (QED) is 0.754. The second-order valence-electron chi connectivity index (χ2n) is 4.45. The summed E-state index contributed by atoms with van der Waals surface area (Å²) in [6.07, 6.45) is 0.970. The molecule has 0 radical (unpaired) electrons. The van der Waals surface area contributed by atoms with E-state index in [9.17, 15) is 0 Å². The van der Waals surface area contributed by atoms with Crippen molar-refractivity contribution >= 4 is 38.9 Å². The van der Waals surface area contributed by atoms with E-state index in [0.29, 0.717) is 12.6 Å². The lowest BCUT2D eigenvalue weighted by Crippen LogP contribution is -2.36. The molecule has 20 heavy (non-hydrogen) atoms. The van der Waals surface area contributed by atoms with Gasteiger partial charge >= 0.3 is 0 Å². The van der Waals surface area contributed by atoms with Gasteiger partial charge < -0.3 is 10.1 Å². The van der Waals surface area contributed by atoms with Crippen LogP contribution in [0.2, 0.25) is 5.02 Å². The van der Waals surface area contributed by atoms with E-state index in [1.165, 1.54) is 4.88 Å². The number of halogens is 2. The Morgan fingerprint density at radius 1 is 1.35 bits per heavy atom. The van der Waals surface area contributed by atoms with Crippen LogP contribution in [0, 0.1) is 0 Å². The van der Waals surface area contributed by atoms with E-state index >= 15 is 0 Å². The Balaban J connectivity index is 1.90. The topological polar surface area (TPSA) is 21.3 Å². The molecule has 0 saturated carbocycles. The van der Waals surface area contributed by atoms with Crippen molar-refractivity contribution in [3.63, 3.8) is 0 Å². The number of ether oxygens (including phenoxy) is 1. The van der Waals surface area contributed by atoms with Crippen LogP contribution in [0.25, 0.3) is 0 Å². The summed E-state index contributed by atoms with van der Waals surface area (Å²) >= 11 is 11.1. The summed E-state index contributed by atoms with van der Waals surface area (Å²) in [4.78, 5) is 1.35. The second kappa shape index (κ2) is 8.03. The SMILES string of the molecule is CCNC(COc1ccc(Cl)cc1)Cc1cc(Br)cs1. The number of hydrogen-bond acceptors (Lipinski definition) is 3. The van der Waals surface area contributed by atoms with Gasteiger partial charge in [0.25, 0.3) is 0 Å². The Morgan fingerprint density at radius 3 is 2.70 bits per heavy atom. The van der Waals surface area contributed by atoms with Gasteiger partial charge in [-0.15, -0.1) is 11.3 Å². The minimum absolute atomic E-state index is 0.307. The molecule has 0 aliphatic carbocycles. The number of likely N-dealkylation sites (N-methyl/N-ethyl adjacent to an activating group) is 1.